The van der Waals surface area contributed by atoms with E-state index in [1.165, 1.54) is 22.3 Å². The zero-order valence-corrected chi connectivity index (χ0v) is 10.0. The van der Waals surface area contributed by atoms with Crippen LogP contribution in [0.1, 0.15) is 17.0 Å². The van der Waals surface area contributed by atoms with Gasteiger partial charge in [-0.3, -0.25) is 0 Å². The van der Waals surface area contributed by atoms with E-state index in [2.05, 4.69) is 48.5 Å². The molecule has 0 unspecified atom stereocenters. The third-order valence-corrected chi connectivity index (χ3v) is 3.43. The Morgan fingerprint density at radius 2 is 1.50 bits per heavy atom. The van der Waals surface area contributed by atoms with E-state index >= 15 is 0 Å². The third-order valence-electron chi connectivity index (χ3n) is 3.43. The summed E-state index contributed by atoms with van der Waals surface area (Å²) in [6.45, 7) is 0.730. The van der Waals surface area contributed by atoms with Crippen molar-refractivity contribution in [1.82, 2.24) is 0 Å². The van der Waals surface area contributed by atoms with Gasteiger partial charge in [-0.1, -0.05) is 48.5 Å². The summed E-state index contributed by atoms with van der Waals surface area (Å²) in [6, 6.07) is 16.8. The quantitative estimate of drug-likeness (QED) is 0.604. The zero-order valence-electron chi connectivity index (χ0n) is 10.0. The number of fused-ring (bicyclic) bond motifs is 3. The van der Waals surface area contributed by atoms with Crippen molar-refractivity contribution in [3.05, 3.63) is 59.7 Å². The molecule has 1 aliphatic carbocycles. The fourth-order valence-corrected chi connectivity index (χ4v) is 2.67. The standard InChI is InChI=1S/C16H14O2/c17-9-10-18-11-16-14-7-3-1-5-12(14)13-6-2-4-8-15(13)16/h1-9,16H,10-11H2. The highest BCUT2D eigenvalue weighted by Crippen LogP contribution is 2.44. The molecule has 0 N–H and O–H groups in total. The van der Waals surface area contributed by atoms with Gasteiger partial charge in [-0.15, -0.1) is 0 Å². The minimum Gasteiger partial charge on any atom is -0.373 e. The Hall–Kier alpha value is -1.93. The summed E-state index contributed by atoms with van der Waals surface area (Å²) in [4.78, 5) is 10.3. The molecular formula is C16H14O2. The van der Waals surface area contributed by atoms with Gasteiger partial charge in [0.2, 0.25) is 0 Å². The number of carbonyl (C=O) groups excluding carboxylic acids is 1. The van der Waals surface area contributed by atoms with Crippen molar-refractivity contribution < 1.29 is 9.53 Å². The van der Waals surface area contributed by atoms with Gasteiger partial charge in [0.05, 0.1) is 6.61 Å². The highest BCUT2D eigenvalue weighted by atomic mass is 16.5. The molecule has 0 atom stereocenters. The number of carbonyl (C=O) groups is 1. The summed E-state index contributed by atoms with van der Waals surface area (Å²) in [7, 11) is 0. The summed E-state index contributed by atoms with van der Waals surface area (Å²) in [5.41, 5.74) is 5.16. The molecule has 1 aliphatic rings. The van der Waals surface area contributed by atoms with Gasteiger partial charge >= 0.3 is 0 Å². The van der Waals surface area contributed by atoms with Gasteiger partial charge in [0.25, 0.3) is 0 Å². The Bertz CT molecular complexity index is 529. The highest BCUT2D eigenvalue weighted by molar-refractivity contribution is 5.78. The molecule has 0 bridgehead atoms. The number of benzene rings is 2. The lowest BCUT2D eigenvalue weighted by Crippen LogP contribution is -2.08. The van der Waals surface area contributed by atoms with Crippen LogP contribution >= 0.6 is 0 Å². The Morgan fingerprint density at radius 1 is 0.944 bits per heavy atom. The lowest BCUT2D eigenvalue weighted by molar-refractivity contribution is -0.111. The van der Waals surface area contributed by atoms with Crippen molar-refractivity contribution in [2.75, 3.05) is 13.2 Å². The van der Waals surface area contributed by atoms with Crippen molar-refractivity contribution in [2.45, 2.75) is 5.92 Å². The molecule has 0 radical (unpaired) electrons. The van der Waals surface area contributed by atoms with Gasteiger partial charge in [0.1, 0.15) is 12.9 Å². The normalized spacial score (nSPS) is 13.1. The van der Waals surface area contributed by atoms with Crippen LogP contribution in [0, 0.1) is 0 Å². The first-order valence-corrected chi connectivity index (χ1v) is 6.11. The number of hydrogen-bond acceptors (Lipinski definition) is 2. The second-order valence-corrected chi connectivity index (χ2v) is 4.43. The maximum atomic E-state index is 10.3. The van der Waals surface area contributed by atoms with Crippen molar-refractivity contribution in [3.8, 4) is 11.1 Å². The average molecular weight is 238 g/mol. The van der Waals surface area contributed by atoms with E-state index in [4.69, 9.17) is 4.74 Å². The molecule has 0 aromatic heterocycles. The molecule has 2 aromatic carbocycles. The Labute approximate surface area is 106 Å². The molecule has 0 spiro atoms. The lowest BCUT2D eigenvalue weighted by Gasteiger charge is -2.12. The van der Waals surface area contributed by atoms with Gasteiger partial charge in [0, 0.05) is 5.92 Å². The summed E-state index contributed by atoms with van der Waals surface area (Å²) < 4.78 is 5.41. The third kappa shape index (κ3) is 1.75. The van der Waals surface area contributed by atoms with E-state index in [9.17, 15) is 4.79 Å². The summed E-state index contributed by atoms with van der Waals surface area (Å²) in [5.74, 6) is 0.248. The molecule has 0 fully saturated rings. The predicted octanol–water partition coefficient (Wildman–Crippen LogP) is 3.01. The molecule has 18 heavy (non-hydrogen) atoms. The Kier molecular flexibility index (Phi) is 2.95. The maximum Gasteiger partial charge on any atom is 0.145 e. The molecule has 2 heteroatoms. The second kappa shape index (κ2) is 4.75. The van der Waals surface area contributed by atoms with Crippen LogP contribution in [0.4, 0.5) is 0 Å². The molecule has 0 heterocycles. The van der Waals surface area contributed by atoms with Crippen LogP contribution in [-0.2, 0) is 9.53 Å². The molecule has 0 saturated heterocycles. The van der Waals surface area contributed by atoms with Gasteiger partial charge in [-0.05, 0) is 22.3 Å². The van der Waals surface area contributed by atoms with Crippen LogP contribution in [0.5, 0.6) is 0 Å². The van der Waals surface area contributed by atoms with Crippen molar-refractivity contribution in [1.29, 1.82) is 0 Å². The highest BCUT2D eigenvalue weighted by Gasteiger charge is 2.27. The first-order valence-electron chi connectivity index (χ1n) is 6.11. The number of aldehydes is 1. The monoisotopic (exact) mass is 238 g/mol. The van der Waals surface area contributed by atoms with Crippen molar-refractivity contribution in [2.24, 2.45) is 0 Å². The predicted molar refractivity (Wildman–Crippen MR) is 70.6 cm³/mol. The molecule has 2 nitrogen and oxygen atoms in total. The van der Waals surface area contributed by atoms with E-state index < -0.39 is 0 Å². The van der Waals surface area contributed by atoms with Crippen LogP contribution in [0.15, 0.2) is 48.5 Å². The first-order chi connectivity index (χ1) is 8.92. The van der Waals surface area contributed by atoms with Crippen molar-refractivity contribution in [3.63, 3.8) is 0 Å². The topological polar surface area (TPSA) is 26.3 Å². The SMILES string of the molecule is O=CCOCC1c2ccccc2-c2ccccc21. The molecule has 0 aliphatic heterocycles. The fraction of sp³-hybridized carbons (Fsp3) is 0.188. The van der Waals surface area contributed by atoms with Gasteiger partial charge in [0.15, 0.2) is 0 Å². The minimum atomic E-state index is 0.167. The first kappa shape index (κ1) is 11.2. The van der Waals surface area contributed by atoms with Crippen LogP contribution in [-0.4, -0.2) is 19.5 Å². The van der Waals surface area contributed by atoms with E-state index in [1.54, 1.807) is 0 Å². The number of ether oxygens (including phenoxy) is 1. The van der Waals surface area contributed by atoms with E-state index in [0.29, 0.717) is 6.61 Å². The van der Waals surface area contributed by atoms with Gasteiger partial charge < -0.3 is 9.53 Å². The summed E-state index contributed by atoms with van der Waals surface area (Å²) >= 11 is 0. The zero-order chi connectivity index (χ0) is 12.4. The Morgan fingerprint density at radius 3 is 2.06 bits per heavy atom. The second-order valence-electron chi connectivity index (χ2n) is 4.43. The molecule has 2 aromatic rings. The molecule has 3 rings (SSSR count). The Balaban J connectivity index is 2.01. The molecule has 0 saturated carbocycles. The largest absolute Gasteiger partial charge is 0.373 e. The fourth-order valence-electron chi connectivity index (χ4n) is 2.67. The number of rotatable bonds is 4. The van der Waals surface area contributed by atoms with E-state index in [1.807, 2.05) is 0 Å². The summed E-state index contributed by atoms with van der Waals surface area (Å²) in [6.07, 6.45) is 0.798. The van der Waals surface area contributed by atoms with E-state index in [-0.39, 0.29) is 12.5 Å². The lowest BCUT2D eigenvalue weighted by atomic mass is 9.98. The van der Waals surface area contributed by atoms with Gasteiger partial charge in [-0.2, -0.15) is 0 Å². The van der Waals surface area contributed by atoms with Crippen LogP contribution in [0.25, 0.3) is 11.1 Å². The van der Waals surface area contributed by atoms with Gasteiger partial charge in [-0.25, -0.2) is 0 Å². The number of hydrogen-bond donors (Lipinski definition) is 0. The van der Waals surface area contributed by atoms with Crippen LogP contribution in [0.2, 0.25) is 0 Å². The van der Waals surface area contributed by atoms with Crippen LogP contribution in [0.3, 0.4) is 0 Å². The summed E-state index contributed by atoms with van der Waals surface area (Å²) in [5, 5.41) is 0. The average Bonchev–Trinajstić information content (AvgIpc) is 2.74. The molecule has 90 valence electrons. The van der Waals surface area contributed by atoms with E-state index in [0.717, 1.165) is 6.29 Å². The minimum absolute atomic E-state index is 0.167. The molecular weight excluding hydrogens is 224 g/mol. The van der Waals surface area contributed by atoms with Crippen LogP contribution < -0.4 is 0 Å². The smallest absolute Gasteiger partial charge is 0.145 e. The van der Waals surface area contributed by atoms with Crippen molar-refractivity contribution >= 4 is 6.29 Å². The maximum absolute atomic E-state index is 10.3. The molecule has 0 amide bonds.